The molecule has 0 aliphatic rings. The summed E-state index contributed by atoms with van der Waals surface area (Å²) in [7, 11) is 6.09. The summed E-state index contributed by atoms with van der Waals surface area (Å²) >= 11 is 12.2. The number of halogens is 2. The van der Waals surface area contributed by atoms with Crippen molar-refractivity contribution >= 4 is 46.4 Å². The Morgan fingerprint density at radius 1 is 1.13 bits per heavy atom. The lowest BCUT2D eigenvalue weighted by Gasteiger charge is -2.19. The molecule has 3 rings (SSSR count). The van der Waals surface area contributed by atoms with Crippen LogP contribution in [0.25, 0.3) is 5.70 Å². The Balaban J connectivity index is 1.87. The zero-order valence-electron chi connectivity index (χ0n) is 21.5. The Morgan fingerprint density at radius 3 is 2.58 bits per heavy atom. The van der Waals surface area contributed by atoms with E-state index in [2.05, 4.69) is 27.2 Å². The number of hydrogen-bond donors (Lipinski definition) is 1. The molecule has 0 atom stereocenters. The predicted molar refractivity (Wildman–Crippen MR) is 147 cm³/mol. The molecule has 1 N–H and O–H groups in total. The van der Waals surface area contributed by atoms with Gasteiger partial charge in [0.2, 0.25) is 11.6 Å². The predicted octanol–water partition coefficient (Wildman–Crippen LogP) is 5.17. The second kappa shape index (κ2) is 13.1. The summed E-state index contributed by atoms with van der Waals surface area (Å²) in [5, 5.41) is 4.94. The standard InChI is InChI=1S/C26H27Cl2N5O5/c1-15(31-37-14-18-12-19(27)10-11-21(18)28)17-8-7-9-20(13-17)38-25-22(23(32-36-6)26(34)35-5)24(33(3)4)29-16(2)30-25/h7-13,31H,1,14H2,2-6H3. The molecular weight excluding hydrogens is 533 g/mol. The third-order valence-corrected chi connectivity index (χ3v) is 5.62. The number of oxime groups is 1. The van der Waals surface area contributed by atoms with E-state index in [1.807, 2.05) is 6.07 Å². The van der Waals surface area contributed by atoms with Crippen LogP contribution >= 0.6 is 23.2 Å². The molecule has 0 aliphatic heterocycles. The maximum atomic E-state index is 12.5. The Bertz CT molecular complexity index is 1360. The van der Waals surface area contributed by atoms with Crippen LogP contribution in [0.15, 0.2) is 54.2 Å². The molecule has 0 saturated heterocycles. The molecule has 0 saturated carbocycles. The van der Waals surface area contributed by atoms with Crippen molar-refractivity contribution < 1.29 is 23.9 Å². The van der Waals surface area contributed by atoms with E-state index in [1.165, 1.54) is 14.2 Å². The number of aromatic nitrogens is 2. The van der Waals surface area contributed by atoms with Gasteiger partial charge < -0.3 is 19.2 Å². The number of methoxy groups -OCH3 is 1. The van der Waals surface area contributed by atoms with Crippen LogP contribution in [0, 0.1) is 6.92 Å². The maximum absolute atomic E-state index is 12.5. The van der Waals surface area contributed by atoms with Gasteiger partial charge in [-0.2, -0.15) is 4.98 Å². The Hall–Kier alpha value is -3.86. The van der Waals surface area contributed by atoms with Gasteiger partial charge in [0.25, 0.3) is 0 Å². The van der Waals surface area contributed by atoms with E-state index in [9.17, 15) is 4.79 Å². The number of nitrogens with zero attached hydrogens (tertiary/aromatic N) is 4. The van der Waals surface area contributed by atoms with E-state index < -0.39 is 5.97 Å². The van der Waals surface area contributed by atoms with Crippen molar-refractivity contribution in [2.45, 2.75) is 13.5 Å². The van der Waals surface area contributed by atoms with E-state index in [1.54, 1.807) is 62.3 Å². The summed E-state index contributed by atoms with van der Waals surface area (Å²) in [6, 6.07) is 12.2. The van der Waals surface area contributed by atoms with Gasteiger partial charge in [-0.15, -0.1) is 0 Å². The van der Waals surface area contributed by atoms with Crippen molar-refractivity contribution in [1.82, 2.24) is 15.4 Å². The van der Waals surface area contributed by atoms with Crippen LogP contribution in [-0.4, -0.2) is 50.0 Å². The minimum absolute atomic E-state index is 0.0879. The summed E-state index contributed by atoms with van der Waals surface area (Å²) in [6.45, 7) is 5.90. The van der Waals surface area contributed by atoms with E-state index in [0.29, 0.717) is 38.7 Å². The second-order valence-corrected chi connectivity index (χ2v) is 8.86. The molecule has 10 nitrogen and oxygen atoms in total. The van der Waals surface area contributed by atoms with Crippen LogP contribution in [-0.2, 0) is 25.8 Å². The van der Waals surface area contributed by atoms with Gasteiger partial charge in [-0.3, -0.25) is 10.3 Å². The van der Waals surface area contributed by atoms with E-state index in [0.717, 1.165) is 5.56 Å². The number of anilines is 1. The van der Waals surface area contributed by atoms with Crippen LogP contribution in [0.1, 0.15) is 22.5 Å². The van der Waals surface area contributed by atoms with Crippen molar-refractivity contribution in [3.8, 4) is 11.6 Å². The van der Waals surface area contributed by atoms with Crippen molar-refractivity contribution in [1.29, 1.82) is 0 Å². The zero-order valence-corrected chi connectivity index (χ0v) is 23.1. The molecule has 1 aromatic heterocycles. The number of hydrogen-bond acceptors (Lipinski definition) is 10. The molecule has 0 amide bonds. The van der Waals surface area contributed by atoms with Gasteiger partial charge in [0.15, 0.2) is 0 Å². The van der Waals surface area contributed by atoms with Gasteiger partial charge in [-0.05, 0) is 37.3 Å². The molecule has 0 bridgehead atoms. The number of carbonyl (C=O) groups excluding carboxylic acids is 1. The van der Waals surface area contributed by atoms with Crippen molar-refractivity contribution in [2.75, 3.05) is 33.2 Å². The lowest BCUT2D eigenvalue weighted by molar-refractivity contribution is -0.132. The van der Waals surface area contributed by atoms with Gasteiger partial charge in [0.1, 0.15) is 36.7 Å². The summed E-state index contributed by atoms with van der Waals surface area (Å²) in [5.41, 5.74) is 4.73. The van der Waals surface area contributed by atoms with Gasteiger partial charge in [0.05, 0.1) is 12.8 Å². The smallest absolute Gasteiger partial charge is 0.361 e. The number of nitrogens with one attached hydrogen (secondary N) is 1. The third-order valence-electron chi connectivity index (χ3n) is 5.02. The van der Waals surface area contributed by atoms with Crippen LogP contribution in [0.5, 0.6) is 11.6 Å². The first-order valence-electron chi connectivity index (χ1n) is 11.2. The van der Waals surface area contributed by atoms with Gasteiger partial charge >= 0.3 is 5.97 Å². The normalized spacial score (nSPS) is 11.1. The summed E-state index contributed by atoms with van der Waals surface area (Å²) < 4.78 is 11.0. The summed E-state index contributed by atoms with van der Waals surface area (Å²) in [5.74, 6) is 0.572. The highest BCUT2D eigenvalue weighted by molar-refractivity contribution is 6.44. The van der Waals surface area contributed by atoms with Crippen molar-refractivity contribution in [3.05, 3.63) is 81.6 Å². The highest BCUT2D eigenvalue weighted by Crippen LogP contribution is 2.31. The molecule has 200 valence electrons. The number of esters is 1. The fourth-order valence-electron chi connectivity index (χ4n) is 3.28. The van der Waals surface area contributed by atoms with E-state index in [-0.39, 0.29) is 23.8 Å². The molecule has 0 unspecified atom stereocenters. The Labute approximate surface area is 230 Å². The molecular formula is C26H27Cl2N5O5. The average Bonchev–Trinajstić information content (AvgIpc) is 2.89. The largest absolute Gasteiger partial charge is 0.464 e. The first kappa shape index (κ1) is 28.7. The molecule has 12 heteroatoms. The monoisotopic (exact) mass is 559 g/mol. The lowest BCUT2D eigenvalue weighted by atomic mass is 10.1. The van der Waals surface area contributed by atoms with Gasteiger partial charge in [-0.1, -0.05) is 47.1 Å². The number of carbonyl (C=O) groups is 1. The molecule has 0 radical (unpaired) electrons. The lowest BCUT2D eigenvalue weighted by Crippen LogP contribution is -2.24. The number of hydroxylamine groups is 1. The van der Waals surface area contributed by atoms with Crippen molar-refractivity contribution in [2.24, 2.45) is 5.16 Å². The van der Waals surface area contributed by atoms with Gasteiger partial charge in [0, 0.05) is 35.3 Å². The second-order valence-electron chi connectivity index (χ2n) is 8.02. The average molecular weight is 560 g/mol. The Morgan fingerprint density at radius 2 is 1.89 bits per heavy atom. The molecule has 0 fully saturated rings. The maximum Gasteiger partial charge on any atom is 0.361 e. The molecule has 0 aliphatic carbocycles. The molecule has 2 aromatic carbocycles. The highest BCUT2D eigenvalue weighted by atomic mass is 35.5. The third kappa shape index (κ3) is 7.12. The molecule has 0 spiro atoms. The number of benzene rings is 2. The SMILES string of the molecule is C=C(NOCc1cc(Cl)ccc1Cl)c1cccc(Oc2nc(C)nc(N(C)C)c2C(=NOC)C(=O)OC)c1. The van der Waals surface area contributed by atoms with Crippen LogP contribution < -0.4 is 15.1 Å². The van der Waals surface area contributed by atoms with Crippen molar-refractivity contribution in [3.63, 3.8) is 0 Å². The fourth-order valence-corrected chi connectivity index (χ4v) is 3.65. The van der Waals surface area contributed by atoms with Crippen LogP contribution in [0.4, 0.5) is 5.82 Å². The number of ether oxygens (including phenoxy) is 2. The first-order valence-corrected chi connectivity index (χ1v) is 11.9. The number of rotatable bonds is 11. The molecule has 38 heavy (non-hydrogen) atoms. The summed E-state index contributed by atoms with van der Waals surface area (Å²) in [6.07, 6.45) is 0. The quantitative estimate of drug-likeness (QED) is 0.193. The van der Waals surface area contributed by atoms with E-state index in [4.69, 9.17) is 42.4 Å². The fraction of sp³-hybridized carbons (Fsp3) is 0.231. The summed E-state index contributed by atoms with van der Waals surface area (Å²) in [4.78, 5) is 33.6. The minimum Gasteiger partial charge on any atom is -0.464 e. The van der Waals surface area contributed by atoms with Crippen LogP contribution in [0.2, 0.25) is 10.0 Å². The zero-order chi connectivity index (χ0) is 27.8. The molecule has 1 heterocycles. The Kier molecular flexibility index (Phi) is 9.89. The van der Waals surface area contributed by atoms with Gasteiger partial charge in [-0.25, -0.2) is 9.78 Å². The number of aryl methyl sites for hydroxylation is 1. The topological polar surface area (TPSA) is 107 Å². The molecule has 3 aromatic rings. The first-order chi connectivity index (χ1) is 18.1. The van der Waals surface area contributed by atoms with Crippen LogP contribution in [0.3, 0.4) is 0 Å². The highest BCUT2D eigenvalue weighted by Gasteiger charge is 2.28. The minimum atomic E-state index is -0.740. The van der Waals surface area contributed by atoms with E-state index >= 15 is 0 Å².